The van der Waals surface area contributed by atoms with E-state index in [1.807, 2.05) is 0 Å². The van der Waals surface area contributed by atoms with Gasteiger partial charge in [-0.05, 0) is 37.0 Å². The highest BCUT2D eigenvalue weighted by Gasteiger charge is 2.46. The first-order valence-electron chi connectivity index (χ1n) is 7.20. The number of carboxylic acids is 1. The normalized spacial score (nSPS) is 23.1. The van der Waals surface area contributed by atoms with Crippen molar-refractivity contribution in [2.75, 3.05) is 6.54 Å². The van der Waals surface area contributed by atoms with Crippen molar-refractivity contribution in [1.82, 2.24) is 10.6 Å². The first-order chi connectivity index (χ1) is 8.90. The second kappa shape index (κ2) is 5.02. The van der Waals surface area contributed by atoms with E-state index in [2.05, 4.69) is 24.5 Å². The van der Waals surface area contributed by atoms with Gasteiger partial charge in [-0.3, -0.25) is 0 Å². The smallest absolute Gasteiger partial charge is 0.329 e. The minimum Gasteiger partial charge on any atom is -0.480 e. The Balaban J connectivity index is 1.85. The van der Waals surface area contributed by atoms with Crippen LogP contribution in [-0.2, 0) is 4.79 Å². The molecule has 0 aliphatic heterocycles. The topological polar surface area (TPSA) is 78.4 Å². The molecular formula is C14H24N2O3. The molecule has 0 atom stereocenters. The number of urea groups is 1. The fraction of sp³-hybridized carbons (Fsp3) is 0.857. The number of nitrogens with one attached hydrogen (secondary N) is 2. The molecule has 5 heteroatoms. The zero-order valence-electron chi connectivity index (χ0n) is 11.8. The molecule has 19 heavy (non-hydrogen) atoms. The number of amides is 2. The van der Waals surface area contributed by atoms with E-state index in [0.717, 1.165) is 25.7 Å². The molecule has 2 aliphatic carbocycles. The molecule has 2 fully saturated rings. The molecule has 0 bridgehead atoms. The van der Waals surface area contributed by atoms with E-state index >= 15 is 0 Å². The van der Waals surface area contributed by atoms with Crippen molar-refractivity contribution in [1.29, 1.82) is 0 Å². The zero-order chi connectivity index (χ0) is 14.1. The maximum Gasteiger partial charge on any atom is 0.329 e. The van der Waals surface area contributed by atoms with Crippen LogP contribution in [-0.4, -0.2) is 29.2 Å². The van der Waals surface area contributed by atoms with Crippen molar-refractivity contribution in [3.8, 4) is 0 Å². The van der Waals surface area contributed by atoms with Crippen LogP contribution in [0.2, 0.25) is 0 Å². The van der Waals surface area contributed by atoms with E-state index < -0.39 is 11.5 Å². The molecule has 0 saturated heterocycles. The molecule has 0 aromatic heterocycles. The number of hydrogen-bond acceptors (Lipinski definition) is 2. The summed E-state index contributed by atoms with van der Waals surface area (Å²) in [5, 5.41) is 14.8. The molecule has 0 spiro atoms. The molecule has 2 aliphatic rings. The van der Waals surface area contributed by atoms with E-state index in [1.54, 1.807) is 0 Å². The largest absolute Gasteiger partial charge is 0.480 e. The number of rotatable bonds is 5. The van der Waals surface area contributed by atoms with Gasteiger partial charge in [0.1, 0.15) is 5.54 Å². The Morgan fingerprint density at radius 1 is 1.16 bits per heavy atom. The Bertz CT molecular complexity index is 369. The van der Waals surface area contributed by atoms with Gasteiger partial charge < -0.3 is 15.7 Å². The molecule has 0 unspecified atom stereocenters. The van der Waals surface area contributed by atoms with Crippen LogP contribution in [0.25, 0.3) is 0 Å². The lowest BCUT2D eigenvalue weighted by atomic mass is 9.92. The monoisotopic (exact) mass is 268 g/mol. The van der Waals surface area contributed by atoms with E-state index in [-0.39, 0.29) is 11.4 Å². The fourth-order valence-corrected chi connectivity index (χ4v) is 3.01. The number of hydrogen-bond donors (Lipinski definition) is 3. The summed E-state index contributed by atoms with van der Waals surface area (Å²) < 4.78 is 0. The lowest BCUT2D eigenvalue weighted by Crippen LogP contribution is -2.56. The zero-order valence-corrected chi connectivity index (χ0v) is 11.8. The summed E-state index contributed by atoms with van der Waals surface area (Å²) >= 11 is 0. The van der Waals surface area contributed by atoms with Crippen LogP contribution < -0.4 is 10.6 Å². The Labute approximate surface area is 114 Å². The second-order valence-corrected chi connectivity index (χ2v) is 6.42. The third kappa shape index (κ3) is 2.85. The highest BCUT2D eigenvalue weighted by molar-refractivity contribution is 5.86. The van der Waals surface area contributed by atoms with Gasteiger partial charge in [0.25, 0.3) is 0 Å². The van der Waals surface area contributed by atoms with Gasteiger partial charge in [-0.15, -0.1) is 0 Å². The average Bonchev–Trinajstić information content (AvgIpc) is 3.00. The maximum absolute atomic E-state index is 11.9. The quantitative estimate of drug-likeness (QED) is 0.714. The van der Waals surface area contributed by atoms with Crippen molar-refractivity contribution in [2.24, 2.45) is 11.3 Å². The predicted octanol–water partition coefficient (Wildman–Crippen LogP) is 2.12. The van der Waals surface area contributed by atoms with Gasteiger partial charge in [0.05, 0.1) is 0 Å². The first-order valence-corrected chi connectivity index (χ1v) is 7.20. The molecule has 2 saturated carbocycles. The van der Waals surface area contributed by atoms with Gasteiger partial charge in [0, 0.05) is 6.54 Å². The Hall–Kier alpha value is -1.26. The van der Waals surface area contributed by atoms with Crippen molar-refractivity contribution in [3.05, 3.63) is 0 Å². The van der Waals surface area contributed by atoms with Crippen LogP contribution in [0.4, 0.5) is 4.79 Å². The summed E-state index contributed by atoms with van der Waals surface area (Å²) in [6, 6.07) is -0.337. The number of carbonyl (C=O) groups is 2. The minimum atomic E-state index is -1.04. The van der Waals surface area contributed by atoms with Crippen molar-refractivity contribution < 1.29 is 14.7 Å². The summed E-state index contributed by atoms with van der Waals surface area (Å²) in [7, 11) is 0. The van der Waals surface area contributed by atoms with E-state index in [9.17, 15) is 14.7 Å². The number of carboxylic acid groups (broad SMARTS) is 1. The predicted molar refractivity (Wildman–Crippen MR) is 71.9 cm³/mol. The average molecular weight is 268 g/mol. The van der Waals surface area contributed by atoms with E-state index in [1.165, 1.54) is 0 Å². The van der Waals surface area contributed by atoms with Gasteiger partial charge in [0.15, 0.2) is 0 Å². The highest BCUT2D eigenvalue weighted by atomic mass is 16.4. The molecule has 0 aromatic carbocycles. The molecular weight excluding hydrogens is 244 g/mol. The lowest BCUT2D eigenvalue weighted by Gasteiger charge is -2.27. The molecule has 108 valence electrons. The summed E-state index contributed by atoms with van der Waals surface area (Å²) in [6.45, 7) is 4.98. The Kier molecular flexibility index (Phi) is 3.74. The first kappa shape index (κ1) is 14.2. The minimum absolute atomic E-state index is 0.239. The summed E-state index contributed by atoms with van der Waals surface area (Å²) in [6.07, 6.45) is 5.09. The SMILES string of the molecule is CC(C)C1(CNC(=O)NC2(C(=O)O)CCCC2)CC1. The molecule has 0 aromatic rings. The van der Waals surface area contributed by atoms with Gasteiger partial charge in [-0.25, -0.2) is 9.59 Å². The van der Waals surface area contributed by atoms with Crippen molar-refractivity contribution in [2.45, 2.75) is 57.9 Å². The summed E-state index contributed by atoms with van der Waals surface area (Å²) in [4.78, 5) is 23.3. The van der Waals surface area contributed by atoms with Crippen LogP contribution >= 0.6 is 0 Å². The van der Waals surface area contributed by atoms with E-state index in [0.29, 0.717) is 25.3 Å². The van der Waals surface area contributed by atoms with Crippen LogP contribution in [0.1, 0.15) is 52.4 Å². The van der Waals surface area contributed by atoms with Gasteiger partial charge in [-0.2, -0.15) is 0 Å². The van der Waals surface area contributed by atoms with Crippen LogP contribution in [0.15, 0.2) is 0 Å². The van der Waals surface area contributed by atoms with Gasteiger partial charge in [-0.1, -0.05) is 26.7 Å². The van der Waals surface area contributed by atoms with Crippen molar-refractivity contribution >= 4 is 12.0 Å². The molecule has 2 amide bonds. The Morgan fingerprint density at radius 3 is 2.16 bits per heavy atom. The van der Waals surface area contributed by atoms with Crippen LogP contribution in [0.3, 0.4) is 0 Å². The molecule has 0 heterocycles. The van der Waals surface area contributed by atoms with Crippen LogP contribution in [0, 0.1) is 11.3 Å². The molecule has 3 N–H and O–H groups in total. The maximum atomic E-state index is 11.9. The standard InChI is InChI=1S/C14H24N2O3/c1-10(2)13(7-8-13)9-15-12(19)16-14(11(17)18)5-3-4-6-14/h10H,3-9H2,1-2H3,(H,17,18)(H2,15,16,19). The molecule has 0 radical (unpaired) electrons. The summed E-state index contributed by atoms with van der Waals surface area (Å²) in [5.74, 6) is -0.363. The number of carbonyl (C=O) groups excluding carboxylic acids is 1. The van der Waals surface area contributed by atoms with Gasteiger partial charge >= 0.3 is 12.0 Å². The third-order valence-corrected chi connectivity index (χ3v) is 4.94. The molecule has 2 rings (SSSR count). The van der Waals surface area contributed by atoms with Crippen molar-refractivity contribution in [3.63, 3.8) is 0 Å². The second-order valence-electron chi connectivity index (χ2n) is 6.42. The third-order valence-electron chi connectivity index (χ3n) is 4.94. The van der Waals surface area contributed by atoms with E-state index in [4.69, 9.17) is 0 Å². The number of aliphatic carboxylic acids is 1. The molecule has 5 nitrogen and oxygen atoms in total. The fourth-order valence-electron chi connectivity index (χ4n) is 3.01. The lowest BCUT2D eigenvalue weighted by molar-refractivity contribution is -0.144. The highest BCUT2D eigenvalue weighted by Crippen LogP contribution is 2.51. The summed E-state index contributed by atoms with van der Waals surface area (Å²) in [5.41, 5.74) is -0.804. The van der Waals surface area contributed by atoms with Crippen LogP contribution in [0.5, 0.6) is 0 Å². The van der Waals surface area contributed by atoms with Gasteiger partial charge in [0.2, 0.25) is 0 Å². The Morgan fingerprint density at radius 2 is 1.74 bits per heavy atom.